The van der Waals surface area contributed by atoms with Crippen LogP contribution in [0.1, 0.15) is 22.8 Å². The molecule has 2 heterocycles. The molecule has 0 amide bonds. The van der Waals surface area contributed by atoms with Gasteiger partial charge in [-0.05, 0) is 67.4 Å². The van der Waals surface area contributed by atoms with E-state index in [0.717, 1.165) is 38.6 Å². The zero-order valence-corrected chi connectivity index (χ0v) is 20.3. The molecule has 6 aromatic rings. The van der Waals surface area contributed by atoms with Gasteiger partial charge in [0.1, 0.15) is 11.6 Å². The normalized spacial score (nSPS) is 10.9. The van der Waals surface area contributed by atoms with Crippen LogP contribution in [0.2, 0.25) is 0 Å². The lowest BCUT2D eigenvalue weighted by Gasteiger charge is -2.12. The van der Waals surface area contributed by atoms with Crippen LogP contribution in [0.15, 0.2) is 84.9 Å². The van der Waals surface area contributed by atoms with Gasteiger partial charge in [0.15, 0.2) is 5.82 Å². The number of nitriles is 2. The smallest absolute Gasteiger partial charge is 0.164 e. The van der Waals surface area contributed by atoms with Crippen molar-refractivity contribution in [3.8, 4) is 40.3 Å². The fourth-order valence-electron chi connectivity index (χ4n) is 4.86. The van der Waals surface area contributed by atoms with E-state index in [9.17, 15) is 5.26 Å². The van der Waals surface area contributed by atoms with Crippen LogP contribution in [0.3, 0.4) is 0 Å². The van der Waals surface area contributed by atoms with Crippen LogP contribution in [0.25, 0.3) is 50.0 Å². The van der Waals surface area contributed by atoms with Crippen molar-refractivity contribution in [1.29, 1.82) is 10.5 Å². The molecule has 6 rings (SSSR count). The molecule has 4 aromatic carbocycles. The van der Waals surface area contributed by atoms with E-state index in [1.54, 1.807) is 0 Å². The molecule has 37 heavy (non-hydrogen) atoms. The first-order valence-electron chi connectivity index (χ1n) is 11.8. The fraction of sp³-hybridized carbons (Fsp3) is 0.0645. The van der Waals surface area contributed by atoms with E-state index in [-0.39, 0.29) is 0 Å². The van der Waals surface area contributed by atoms with Crippen LogP contribution in [-0.2, 0) is 0 Å². The number of para-hydroxylation sites is 1. The highest BCUT2D eigenvalue weighted by Crippen LogP contribution is 2.35. The number of fused-ring (bicyclic) bond motifs is 3. The Labute approximate surface area is 213 Å². The molecule has 0 fully saturated rings. The Hall–Kier alpha value is -5.33. The van der Waals surface area contributed by atoms with Gasteiger partial charge in [0.2, 0.25) is 0 Å². The molecule has 0 N–H and O–H groups in total. The maximum absolute atomic E-state index is 10.0. The lowest BCUT2D eigenvalue weighted by molar-refractivity contribution is 0.928. The Balaban J connectivity index is 1.58. The lowest BCUT2D eigenvalue weighted by Crippen LogP contribution is -2.01. The Morgan fingerprint density at radius 1 is 0.649 bits per heavy atom. The van der Waals surface area contributed by atoms with E-state index in [4.69, 9.17) is 5.26 Å². The summed E-state index contributed by atoms with van der Waals surface area (Å²) in [6.07, 6.45) is 0. The standard InChI is InChI=1S/C31H20N6/c1-19-34-20(2)36-31(35-19)26-14-12-25(15-24(26)18-33)37-29-6-4-3-5-27(29)28-13-11-23(16-30(28)37)22-9-7-21(17-32)8-10-22/h3-16H,1-2H3. The van der Waals surface area contributed by atoms with Crippen LogP contribution in [0.4, 0.5) is 0 Å². The molecule has 0 saturated carbocycles. The predicted molar refractivity (Wildman–Crippen MR) is 144 cm³/mol. The van der Waals surface area contributed by atoms with Crippen molar-refractivity contribution in [3.05, 3.63) is 108 Å². The summed E-state index contributed by atoms with van der Waals surface area (Å²) in [4.78, 5) is 13.2. The minimum absolute atomic E-state index is 0.497. The van der Waals surface area contributed by atoms with Gasteiger partial charge < -0.3 is 4.57 Å². The first-order chi connectivity index (χ1) is 18.1. The summed E-state index contributed by atoms with van der Waals surface area (Å²) in [5.41, 5.74) is 6.86. The molecule has 2 aromatic heterocycles. The third-order valence-corrected chi connectivity index (χ3v) is 6.50. The second-order valence-electron chi connectivity index (χ2n) is 8.87. The topological polar surface area (TPSA) is 91.2 Å². The summed E-state index contributed by atoms with van der Waals surface area (Å²) < 4.78 is 2.19. The molecule has 0 radical (unpaired) electrons. The van der Waals surface area contributed by atoms with Gasteiger partial charge in [-0.2, -0.15) is 10.5 Å². The second kappa shape index (κ2) is 8.71. The van der Waals surface area contributed by atoms with Gasteiger partial charge in [-0.15, -0.1) is 0 Å². The quantitative estimate of drug-likeness (QED) is 0.285. The third-order valence-electron chi connectivity index (χ3n) is 6.50. The average Bonchev–Trinajstić information content (AvgIpc) is 3.26. The number of rotatable bonds is 3. The number of hydrogen-bond acceptors (Lipinski definition) is 5. The average molecular weight is 477 g/mol. The van der Waals surface area contributed by atoms with E-state index < -0.39 is 0 Å². The van der Waals surface area contributed by atoms with Gasteiger partial charge in [0.05, 0.1) is 34.3 Å². The summed E-state index contributed by atoms with van der Waals surface area (Å²) in [5.74, 6) is 1.74. The maximum atomic E-state index is 10.0. The molecule has 0 aliphatic rings. The van der Waals surface area contributed by atoms with Crippen LogP contribution >= 0.6 is 0 Å². The van der Waals surface area contributed by atoms with Gasteiger partial charge in [-0.25, -0.2) is 15.0 Å². The Morgan fingerprint density at radius 3 is 2.08 bits per heavy atom. The van der Waals surface area contributed by atoms with Gasteiger partial charge in [-0.3, -0.25) is 0 Å². The molecular weight excluding hydrogens is 456 g/mol. The largest absolute Gasteiger partial charge is 0.309 e. The van der Waals surface area contributed by atoms with Crippen molar-refractivity contribution >= 4 is 21.8 Å². The summed E-state index contributed by atoms with van der Waals surface area (Å²) >= 11 is 0. The zero-order chi connectivity index (χ0) is 25.5. The number of hydrogen-bond donors (Lipinski definition) is 0. The van der Waals surface area contributed by atoms with Crippen molar-refractivity contribution in [3.63, 3.8) is 0 Å². The molecule has 0 aliphatic heterocycles. The number of aryl methyl sites for hydroxylation is 2. The summed E-state index contributed by atoms with van der Waals surface area (Å²) in [7, 11) is 0. The number of nitrogens with zero attached hydrogens (tertiary/aromatic N) is 6. The van der Waals surface area contributed by atoms with E-state index in [2.05, 4.69) is 62.0 Å². The monoisotopic (exact) mass is 476 g/mol. The molecule has 0 saturated heterocycles. The van der Waals surface area contributed by atoms with E-state index in [1.165, 1.54) is 0 Å². The second-order valence-corrected chi connectivity index (χ2v) is 8.87. The lowest BCUT2D eigenvalue weighted by atomic mass is 10.0. The maximum Gasteiger partial charge on any atom is 0.164 e. The van der Waals surface area contributed by atoms with E-state index in [0.29, 0.717) is 34.2 Å². The minimum Gasteiger partial charge on any atom is -0.309 e. The molecule has 0 aliphatic carbocycles. The van der Waals surface area contributed by atoms with Crippen molar-refractivity contribution < 1.29 is 0 Å². The summed E-state index contributed by atoms with van der Waals surface area (Å²) in [6, 6.07) is 32.6. The first-order valence-corrected chi connectivity index (χ1v) is 11.8. The number of aromatic nitrogens is 4. The van der Waals surface area contributed by atoms with Crippen LogP contribution < -0.4 is 0 Å². The molecule has 174 valence electrons. The SMILES string of the molecule is Cc1nc(C)nc(-c2ccc(-n3c4ccccc4c4ccc(-c5ccc(C#N)cc5)cc43)cc2C#N)n1. The van der Waals surface area contributed by atoms with Crippen LogP contribution in [0.5, 0.6) is 0 Å². The highest BCUT2D eigenvalue weighted by atomic mass is 15.0. The third kappa shape index (κ3) is 3.78. The number of benzene rings is 4. The van der Waals surface area contributed by atoms with Gasteiger partial charge >= 0.3 is 0 Å². The van der Waals surface area contributed by atoms with Crippen molar-refractivity contribution in [2.75, 3.05) is 0 Å². The van der Waals surface area contributed by atoms with Crippen LogP contribution in [0, 0.1) is 36.5 Å². The molecule has 6 heteroatoms. The van der Waals surface area contributed by atoms with E-state index in [1.807, 2.05) is 68.4 Å². The first kappa shape index (κ1) is 22.2. The molecular formula is C31H20N6. The van der Waals surface area contributed by atoms with Gasteiger partial charge in [0.25, 0.3) is 0 Å². The van der Waals surface area contributed by atoms with Gasteiger partial charge in [-0.1, -0.05) is 42.5 Å². The predicted octanol–water partition coefficient (Wildman–Crippen LogP) is 6.66. The molecule has 0 spiro atoms. The summed E-state index contributed by atoms with van der Waals surface area (Å²) in [5, 5.41) is 21.5. The molecule has 6 nitrogen and oxygen atoms in total. The van der Waals surface area contributed by atoms with Crippen molar-refractivity contribution in [2.24, 2.45) is 0 Å². The Kier molecular flexibility index (Phi) is 5.22. The Morgan fingerprint density at radius 2 is 1.35 bits per heavy atom. The van der Waals surface area contributed by atoms with Crippen molar-refractivity contribution in [1.82, 2.24) is 19.5 Å². The van der Waals surface area contributed by atoms with Crippen molar-refractivity contribution in [2.45, 2.75) is 13.8 Å². The molecule has 0 unspecified atom stereocenters. The molecule has 0 bridgehead atoms. The Bertz CT molecular complexity index is 1900. The highest BCUT2D eigenvalue weighted by molar-refractivity contribution is 6.10. The highest BCUT2D eigenvalue weighted by Gasteiger charge is 2.16. The van der Waals surface area contributed by atoms with Gasteiger partial charge in [0, 0.05) is 22.0 Å². The fourth-order valence-corrected chi connectivity index (χ4v) is 4.86. The zero-order valence-electron chi connectivity index (χ0n) is 20.3. The van der Waals surface area contributed by atoms with Crippen LogP contribution in [-0.4, -0.2) is 19.5 Å². The molecule has 0 atom stereocenters. The van der Waals surface area contributed by atoms with E-state index >= 15 is 0 Å². The summed E-state index contributed by atoms with van der Waals surface area (Å²) in [6.45, 7) is 3.64. The minimum atomic E-state index is 0.497.